The van der Waals surface area contributed by atoms with Crippen LogP contribution < -0.4 is 10.1 Å². The van der Waals surface area contributed by atoms with E-state index in [-0.39, 0.29) is 28.9 Å². The molecule has 4 N–H and O–H groups in total. The second-order valence-corrected chi connectivity index (χ2v) is 10.6. The van der Waals surface area contributed by atoms with Crippen LogP contribution in [0.5, 0.6) is 11.5 Å². The van der Waals surface area contributed by atoms with E-state index >= 15 is 0 Å². The molecule has 2 saturated carbocycles. The predicted molar refractivity (Wildman–Crippen MR) is 107 cm³/mol. The van der Waals surface area contributed by atoms with Crippen molar-refractivity contribution < 1.29 is 24.9 Å². The Bertz CT molecular complexity index is 911. The molecule has 1 aromatic rings. The number of phenolic OH excluding ortho intramolecular Hbond substituents is 1. The van der Waals surface area contributed by atoms with Crippen LogP contribution in [0.3, 0.4) is 0 Å². The van der Waals surface area contributed by atoms with Crippen LogP contribution >= 0.6 is 0 Å². The molecule has 2 aliphatic heterocycles. The average Bonchev–Trinajstić information content (AvgIpc) is 3.22. The van der Waals surface area contributed by atoms with Gasteiger partial charge in [0, 0.05) is 29.5 Å². The van der Waals surface area contributed by atoms with E-state index in [1.807, 2.05) is 13.8 Å². The molecule has 0 saturated heterocycles. The summed E-state index contributed by atoms with van der Waals surface area (Å²) in [6.07, 6.45) is 1.36. The van der Waals surface area contributed by atoms with Crippen molar-refractivity contribution in [3.63, 3.8) is 0 Å². The monoisotopic (exact) mass is 401 g/mol. The molecule has 0 unspecified atom stereocenters. The first-order valence-electron chi connectivity index (χ1n) is 10.7. The van der Waals surface area contributed by atoms with Crippen LogP contribution in [0.2, 0.25) is 0 Å². The number of rotatable bonds is 0. The Morgan fingerprint density at radius 3 is 2.62 bits per heavy atom. The van der Waals surface area contributed by atoms with E-state index in [4.69, 9.17) is 4.74 Å². The number of ether oxygens (including phenoxy) is 1. The van der Waals surface area contributed by atoms with Crippen molar-refractivity contribution in [2.24, 2.45) is 22.7 Å². The number of hydrogen-bond donors (Lipinski definition) is 4. The van der Waals surface area contributed by atoms with E-state index in [1.165, 1.54) is 0 Å². The number of nitrogens with one attached hydrogen (secondary N) is 1. The van der Waals surface area contributed by atoms with Crippen molar-refractivity contribution in [1.29, 1.82) is 0 Å². The molecule has 1 amide bonds. The van der Waals surface area contributed by atoms with Crippen molar-refractivity contribution in [2.45, 2.75) is 77.7 Å². The predicted octanol–water partition coefficient (Wildman–Crippen LogP) is 2.51. The standard InChI is InChI=1S/C23H31NO5/c1-11-5-6-17-21(2,3)19(27)16(26)9-22(17,4)23(11)8-13-15(25)7-12-14(18(13)29-23)10-24-20(12)28/h7,11,16-17,19,25-27H,5-6,8-10H2,1-4H3,(H,24,28)/t11-,16+,17-,19+,22-,23-/m0/s1. The Labute approximate surface area is 171 Å². The number of carbonyl (C=O) groups excluding carboxylic acids is 1. The minimum atomic E-state index is -0.816. The number of benzene rings is 1. The Balaban J connectivity index is 1.66. The summed E-state index contributed by atoms with van der Waals surface area (Å²) in [5, 5.41) is 35.1. The molecule has 0 aromatic heterocycles. The first kappa shape index (κ1) is 19.2. The quantitative estimate of drug-likeness (QED) is 0.535. The van der Waals surface area contributed by atoms with Crippen molar-refractivity contribution in [2.75, 3.05) is 0 Å². The summed E-state index contributed by atoms with van der Waals surface area (Å²) >= 11 is 0. The van der Waals surface area contributed by atoms with Crippen LogP contribution in [0.15, 0.2) is 6.07 Å². The van der Waals surface area contributed by atoms with Gasteiger partial charge in [0.05, 0.1) is 17.8 Å². The molecule has 29 heavy (non-hydrogen) atoms. The second-order valence-electron chi connectivity index (χ2n) is 10.6. The number of aromatic hydroxyl groups is 1. The zero-order valence-corrected chi connectivity index (χ0v) is 17.6. The van der Waals surface area contributed by atoms with E-state index in [9.17, 15) is 20.1 Å². The maximum atomic E-state index is 12.2. The molecule has 2 fully saturated rings. The number of carbonyl (C=O) groups is 1. The Kier molecular flexibility index (Phi) is 3.75. The van der Waals surface area contributed by atoms with E-state index in [1.54, 1.807) is 6.07 Å². The largest absolute Gasteiger partial charge is 0.508 e. The van der Waals surface area contributed by atoms with Gasteiger partial charge >= 0.3 is 0 Å². The van der Waals surface area contributed by atoms with E-state index in [2.05, 4.69) is 19.2 Å². The van der Waals surface area contributed by atoms with Gasteiger partial charge in [0.25, 0.3) is 5.91 Å². The number of phenols is 1. The van der Waals surface area contributed by atoms with Crippen LogP contribution in [-0.4, -0.2) is 39.0 Å². The zero-order chi connectivity index (χ0) is 20.9. The van der Waals surface area contributed by atoms with Gasteiger partial charge in [-0.2, -0.15) is 0 Å². The molecule has 158 valence electrons. The van der Waals surface area contributed by atoms with Gasteiger partial charge in [-0.3, -0.25) is 4.79 Å². The Hall–Kier alpha value is -1.79. The van der Waals surface area contributed by atoms with Crippen molar-refractivity contribution in [3.8, 4) is 11.5 Å². The minimum absolute atomic E-state index is 0.112. The molecular weight excluding hydrogens is 370 g/mol. The van der Waals surface area contributed by atoms with Crippen molar-refractivity contribution in [1.82, 2.24) is 5.32 Å². The van der Waals surface area contributed by atoms with Crippen molar-refractivity contribution >= 4 is 5.91 Å². The first-order valence-corrected chi connectivity index (χ1v) is 10.7. The summed E-state index contributed by atoms with van der Waals surface area (Å²) in [5.41, 5.74) is 0.679. The topological polar surface area (TPSA) is 99.0 Å². The first-order chi connectivity index (χ1) is 13.5. The second kappa shape index (κ2) is 5.67. The van der Waals surface area contributed by atoms with Crippen LogP contribution in [0.1, 0.15) is 68.4 Å². The highest BCUT2D eigenvalue weighted by Crippen LogP contribution is 2.67. The Morgan fingerprint density at radius 1 is 1.17 bits per heavy atom. The van der Waals surface area contributed by atoms with Gasteiger partial charge in [-0.1, -0.05) is 27.7 Å². The fourth-order valence-corrected chi connectivity index (χ4v) is 7.32. The summed E-state index contributed by atoms with van der Waals surface area (Å²) in [4.78, 5) is 12.2. The van der Waals surface area contributed by atoms with Gasteiger partial charge in [-0.25, -0.2) is 0 Å². The number of aliphatic hydroxyl groups excluding tert-OH is 2. The lowest BCUT2D eigenvalue weighted by atomic mass is 9.43. The third-order valence-corrected chi connectivity index (χ3v) is 8.94. The number of amides is 1. The van der Waals surface area contributed by atoms with Crippen molar-refractivity contribution in [3.05, 3.63) is 22.8 Å². The molecule has 1 aromatic carbocycles. The fourth-order valence-electron chi connectivity index (χ4n) is 7.32. The molecular formula is C23H31NO5. The van der Waals surface area contributed by atoms with Crippen LogP contribution in [0, 0.1) is 22.7 Å². The molecule has 0 radical (unpaired) electrons. The lowest BCUT2D eigenvalue weighted by molar-refractivity contribution is -0.240. The van der Waals surface area contributed by atoms with Gasteiger partial charge < -0.3 is 25.4 Å². The molecule has 6 atom stereocenters. The normalized spacial score (nSPS) is 42.1. The smallest absolute Gasteiger partial charge is 0.252 e. The van der Waals surface area contributed by atoms with Gasteiger partial charge in [0.15, 0.2) is 0 Å². The van der Waals surface area contributed by atoms with E-state index in [0.29, 0.717) is 30.7 Å². The number of aliphatic hydroxyl groups is 2. The van der Waals surface area contributed by atoms with Crippen LogP contribution in [0.25, 0.3) is 0 Å². The highest BCUT2D eigenvalue weighted by Gasteiger charge is 2.68. The van der Waals surface area contributed by atoms with Gasteiger partial charge in [0.1, 0.15) is 17.1 Å². The van der Waals surface area contributed by atoms with Crippen LogP contribution in [-0.2, 0) is 13.0 Å². The summed E-state index contributed by atoms with van der Waals surface area (Å²) < 4.78 is 6.82. The molecule has 6 heteroatoms. The van der Waals surface area contributed by atoms with E-state index < -0.39 is 23.2 Å². The maximum Gasteiger partial charge on any atom is 0.252 e. The maximum absolute atomic E-state index is 12.2. The number of fused-ring (bicyclic) bond motifs is 5. The minimum Gasteiger partial charge on any atom is -0.508 e. The third-order valence-electron chi connectivity index (χ3n) is 8.94. The fraction of sp³-hybridized carbons (Fsp3) is 0.696. The summed E-state index contributed by atoms with van der Waals surface area (Å²) in [5.74, 6) is 0.968. The molecule has 0 bridgehead atoms. The third kappa shape index (κ3) is 2.17. The van der Waals surface area contributed by atoms with Gasteiger partial charge in [-0.05, 0) is 42.6 Å². The molecule has 2 heterocycles. The molecule has 1 spiro atoms. The van der Waals surface area contributed by atoms with Gasteiger partial charge in [0.2, 0.25) is 0 Å². The zero-order valence-electron chi connectivity index (χ0n) is 17.6. The highest BCUT2D eigenvalue weighted by molar-refractivity contribution is 6.00. The SMILES string of the molecule is C[C@H]1CC[C@H]2C(C)(C)[C@H](O)[C@H](O)C[C@]2(C)[C@]12Cc1c(O)cc3c(c1O2)CNC3=O. The summed E-state index contributed by atoms with van der Waals surface area (Å²) in [7, 11) is 0. The Morgan fingerprint density at radius 2 is 1.90 bits per heavy atom. The lowest BCUT2D eigenvalue weighted by Crippen LogP contribution is -2.69. The molecule has 2 aliphatic carbocycles. The van der Waals surface area contributed by atoms with Gasteiger partial charge in [-0.15, -0.1) is 0 Å². The molecule has 6 nitrogen and oxygen atoms in total. The molecule has 4 aliphatic rings. The lowest BCUT2D eigenvalue weighted by Gasteiger charge is -2.64. The highest BCUT2D eigenvalue weighted by atomic mass is 16.5. The van der Waals surface area contributed by atoms with Crippen LogP contribution in [0.4, 0.5) is 0 Å². The van der Waals surface area contributed by atoms with E-state index in [0.717, 1.165) is 24.0 Å². The summed E-state index contributed by atoms with van der Waals surface area (Å²) in [6.45, 7) is 8.89. The molecule has 5 rings (SSSR count). The average molecular weight is 402 g/mol. The number of hydrogen-bond acceptors (Lipinski definition) is 5. The summed E-state index contributed by atoms with van der Waals surface area (Å²) in [6, 6.07) is 1.57.